The molecule has 2 amide bonds. The van der Waals surface area contributed by atoms with Crippen molar-refractivity contribution in [2.75, 3.05) is 32.8 Å². The molecular formula is C22H26N2O4. The average molecular weight is 382 g/mol. The molecule has 1 unspecified atom stereocenters. The molecule has 4 rings (SSSR count). The number of nitrogens with zero attached hydrogens (tertiary/aromatic N) is 2. The number of furan rings is 1. The van der Waals surface area contributed by atoms with Crippen molar-refractivity contribution in [1.29, 1.82) is 0 Å². The summed E-state index contributed by atoms with van der Waals surface area (Å²) in [4.78, 5) is 28.8. The lowest BCUT2D eigenvalue weighted by atomic mass is 9.98. The van der Waals surface area contributed by atoms with Crippen molar-refractivity contribution in [3.63, 3.8) is 0 Å². The predicted molar refractivity (Wildman–Crippen MR) is 104 cm³/mol. The van der Waals surface area contributed by atoms with Crippen LogP contribution in [0.5, 0.6) is 5.75 Å². The zero-order valence-electron chi connectivity index (χ0n) is 16.0. The molecule has 0 spiro atoms. The lowest BCUT2D eigenvalue weighted by Gasteiger charge is -2.32. The Kier molecular flexibility index (Phi) is 5.65. The number of hydrogen-bond donors (Lipinski definition) is 0. The number of amides is 2. The molecule has 148 valence electrons. The molecule has 0 radical (unpaired) electrons. The summed E-state index contributed by atoms with van der Waals surface area (Å²) in [5, 5.41) is 0. The first kappa shape index (κ1) is 18.6. The second-order valence-corrected chi connectivity index (χ2v) is 7.57. The Balaban J connectivity index is 1.33. The van der Waals surface area contributed by atoms with E-state index in [1.165, 1.54) is 6.26 Å². The molecule has 3 heterocycles. The summed E-state index contributed by atoms with van der Waals surface area (Å²) in [6.45, 7) is 3.61. The smallest absolute Gasteiger partial charge is 0.289 e. The van der Waals surface area contributed by atoms with E-state index in [2.05, 4.69) is 0 Å². The third kappa shape index (κ3) is 4.21. The normalized spacial score (nSPS) is 19.6. The molecule has 6 heteroatoms. The number of carbonyl (C=O) groups is 2. The fraction of sp³-hybridized carbons (Fsp3) is 0.455. The van der Waals surface area contributed by atoms with E-state index in [1.807, 2.05) is 34.1 Å². The van der Waals surface area contributed by atoms with Gasteiger partial charge < -0.3 is 19.0 Å². The van der Waals surface area contributed by atoms with E-state index < -0.39 is 0 Å². The zero-order chi connectivity index (χ0) is 19.3. The Labute approximate surface area is 165 Å². The Bertz CT molecular complexity index is 812. The molecule has 1 aromatic heterocycles. The summed E-state index contributed by atoms with van der Waals surface area (Å²) in [6.07, 6.45) is 5.66. The molecule has 2 aliphatic rings. The van der Waals surface area contributed by atoms with Crippen molar-refractivity contribution in [1.82, 2.24) is 9.80 Å². The van der Waals surface area contributed by atoms with Crippen LogP contribution in [0.25, 0.3) is 0 Å². The first-order valence-corrected chi connectivity index (χ1v) is 10.1. The van der Waals surface area contributed by atoms with Gasteiger partial charge in [0.15, 0.2) is 5.76 Å². The predicted octanol–water partition coefficient (Wildman–Crippen LogP) is 3.45. The Morgan fingerprint density at radius 2 is 1.82 bits per heavy atom. The number of benzene rings is 1. The van der Waals surface area contributed by atoms with Gasteiger partial charge in [-0.25, -0.2) is 0 Å². The van der Waals surface area contributed by atoms with Gasteiger partial charge in [-0.05, 0) is 56.0 Å². The van der Waals surface area contributed by atoms with Crippen LogP contribution in [0.3, 0.4) is 0 Å². The van der Waals surface area contributed by atoms with Crippen LogP contribution in [-0.4, -0.2) is 54.4 Å². The van der Waals surface area contributed by atoms with Gasteiger partial charge in [0.25, 0.3) is 11.8 Å². The molecule has 6 nitrogen and oxygen atoms in total. The molecule has 1 atom stereocenters. The van der Waals surface area contributed by atoms with E-state index in [1.54, 1.807) is 12.1 Å². The van der Waals surface area contributed by atoms with Crippen molar-refractivity contribution >= 4 is 11.8 Å². The first-order chi connectivity index (χ1) is 13.7. The van der Waals surface area contributed by atoms with Gasteiger partial charge in [0, 0.05) is 37.7 Å². The zero-order valence-corrected chi connectivity index (χ0v) is 16.0. The summed E-state index contributed by atoms with van der Waals surface area (Å²) < 4.78 is 11.2. The molecule has 2 fully saturated rings. The van der Waals surface area contributed by atoms with Crippen LogP contribution in [-0.2, 0) is 0 Å². The third-order valence-corrected chi connectivity index (χ3v) is 5.50. The average Bonchev–Trinajstić information content (AvgIpc) is 3.46. The van der Waals surface area contributed by atoms with Gasteiger partial charge in [-0.15, -0.1) is 0 Å². The van der Waals surface area contributed by atoms with Crippen molar-refractivity contribution in [2.45, 2.75) is 25.7 Å². The Hall–Kier alpha value is -2.76. The molecule has 2 aromatic rings. The summed E-state index contributed by atoms with van der Waals surface area (Å²) >= 11 is 0. The molecule has 2 aliphatic heterocycles. The summed E-state index contributed by atoms with van der Waals surface area (Å²) in [5.41, 5.74) is 0.678. The number of carbonyl (C=O) groups excluding carboxylic acids is 2. The van der Waals surface area contributed by atoms with Crippen LogP contribution < -0.4 is 4.74 Å². The lowest BCUT2D eigenvalue weighted by molar-refractivity contribution is 0.0601. The second-order valence-electron chi connectivity index (χ2n) is 7.57. The summed E-state index contributed by atoms with van der Waals surface area (Å²) in [5.74, 6) is 1.38. The highest BCUT2D eigenvalue weighted by Crippen LogP contribution is 2.22. The van der Waals surface area contributed by atoms with Crippen LogP contribution in [0.2, 0.25) is 0 Å². The van der Waals surface area contributed by atoms with Gasteiger partial charge in [0.1, 0.15) is 5.75 Å². The fourth-order valence-electron chi connectivity index (χ4n) is 3.98. The van der Waals surface area contributed by atoms with Gasteiger partial charge in [0.05, 0.1) is 12.9 Å². The Morgan fingerprint density at radius 1 is 1.00 bits per heavy atom. The molecule has 0 N–H and O–H groups in total. The maximum Gasteiger partial charge on any atom is 0.289 e. The quantitative estimate of drug-likeness (QED) is 0.795. The molecular weight excluding hydrogens is 356 g/mol. The third-order valence-electron chi connectivity index (χ3n) is 5.50. The van der Waals surface area contributed by atoms with E-state index in [4.69, 9.17) is 9.15 Å². The molecule has 28 heavy (non-hydrogen) atoms. The van der Waals surface area contributed by atoms with Crippen LogP contribution in [0.4, 0.5) is 0 Å². The minimum absolute atomic E-state index is 0.0621. The maximum absolute atomic E-state index is 12.6. The minimum Gasteiger partial charge on any atom is -0.493 e. The molecule has 1 aromatic carbocycles. The standard InChI is InChI=1S/C22H26N2O4/c25-21(23-10-1-2-11-23)18-7-3-8-19(14-18)28-16-17-6-4-12-24(15-17)22(26)20-9-5-13-27-20/h3,5,7-9,13-14,17H,1-2,4,6,10-12,15-16H2. The topological polar surface area (TPSA) is 63.0 Å². The van der Waals surface area contributed by atoms with E-state index in [-0.39, 0.29) is 17.7 Å². The number of piperidine rings is 1. The van der Waals surface area contributed by atoms with Crippen molar-refractivity contribution in [3.05, 3.63) is 54.0 Å². The molecule has 0 saturated carbocycles. The highest BCUT2D eigenvalue weighted by atomic mass is 16.5. The summed E-state index contributed by atoms with van der Waals surface area (Å²) in [6, 6.07) is 10.9. The van der Waals surface area contributed by atoms with Crippen LogP contribution in [0, 0.1) is 5.92 Å². The van der Waals surface area contributed by atoms with Crippen LogP contribution in [0.15, 0.2) is 47.1 Å². The van der Waals surface area contributed by atoms with Gasteiger partial charge in [0.2, 0.25) is 0 Å². The van der Waals surface area contributed by atoms with Gasteiger partial charge in [-0.1, -0.05) is 6.07 Å². The van der Waals surface area contributed by atoms with E-state index in [0.717, 1.165) is 45.3 Å². The minimum atomic E-state index is -0.0621. The fourth-order valence-corrected chi connectivity index (χ4v) is 3.98. The van der Waals surface area contributed by atoms with Crippen molar-refractivity contribution in [2.24, 2.45) is 5.92 Å². The van der Waals surface area contributed by atoms with E-state index in [0.29, 0.717) is 30.2 Å². The Morgan fingerprint density at radius 3 is 2.61 bits per heavy atom. The van der Waals surface area contributed by atoms with Crippen molar-refractivity contribution in [3.8, 4) is 5.75 Å². The van der Waals surface area contributed by atoms with Crippen LogP contribution in [0.1, 0.15) is 46.6 Å². The number of hydrogen-bond acceptors (Lipinski definition) is 4. The number of rotatable bonds is 5. The SMILES string of the molecule is O=C(c1cccc(OCC2CCCN(C(=O)c3ccco3)C2)c1)N1CCCC1. The second kappa shape index (κ2) is 8.50. The number of likely N-dealkylation sites (tertiary alicyclic amines) is 2. The van der Waals surface area contributed by atoms with E-state index in [9.17, 15) is 9.59 Å². The first-order valence-electron chi connectivity index (χ1n) is 10.1. The lowest BCUT2D eigenvalue weighted by Crippen LogP contribution is -2.41. The van der Waals surface area contributed by atoms with Gasteiger partial charge >= 0.3 is 0 Å². The number of ether oxygens (including phenoxy) is 1. The maximum atomic E-state index is 12.6. The highest BCUT2D eigenvalue weighted by Gasteiger charge is 2.26. The molecule has 0 bridgehead atoms. The van der Waals surface area contributed by atoms with Gasteiger partial charge in [-0.2, -0.15) is 0 Å². The highest BCUT2D eigenvalue weighted by molar-refractivity contribution is 5.94. The monoisotopic (exact) mass is 382 g/mol. The van der Waals surface area contributed by atoms with E-state index >= 15 is 0 Å². The molecule has 2 saturated heterocycles. The van der Waals surface area contributed by atoms with Gasteiger partial charge in [-0.3, -0.25) is 9.59 Å². The van der Waals surface area contributed by atoms with Crippen LogP contribution >= 0.6 is 0 Å². The van der Waals surface area contributed by atoms with Crippen molar-refractivity contribution < 1.29 is 18.7 Å². The molecule has 0 aliphatic carbocycles. The largest absolute Gasteiger partial charge is 0.493 e. The summed E-state index contributed by atoms with van der Waals surface area (Å²) in [7, 11) is 0.